The Labute approximate surface area is 164 Å². The number of benzene rings is 2. The van der Waals surface area contributed by atoms with E-state index in [4.69, 9.17) is 0 Å². The summed E-state index contributed by atoms with van der Waals surface area (Å²) in [6.45, 7) is 0. The van der Waals surface area contributed by atoms with Gasteiger partial charge in [-0.2, -0.15) is 0 Å². The van der Waals surface area contributed by atoms with Crippen LogP contribution in [0.2, 0.25) is 0 Å². The van der Waals surface area contributed by atoms with E-state index in [0.29, 0.717) is 0 Å². The maximum atomic E-state index is 2.26. The van der Waals surface area contributed by atoms with Crippen LogP contribution >= 0.6 is 0 Å². The van der Waals surface area contributed by atoms with E-state index >= 15 is 0 Å². The molecule has 0 heterocycles. The molecule has 0 atom stereocenters. The van der Waals surface area contributed by atoms with Gasteiger partial charge in [0.2, 0.25) is 0 Å². The van der Waals surface area contributed by atoms with Crippen LogP contribution in [0.25, 0.3) is 0 Å². The molecule has 5 rings (SSSR count). The first-order valence-corrected chi connectivity index (χ1v) is 9.64. The fourth-order valence-electron chi connectivity index (χ4n) is 4.59. The van der Waals surface area contributed by atoms with Crippen LogP contribution < -0.4 is 0 Å². The van der Waals surface area contributed by atoms with Gasteiger partial charge in [-0.15, -0.1) is 0 Å². The van der Waals surface area contributed by atoms with E-state index in [9.17, 15) is 0 Å². The van der Waals surface area contributed by atoms with Crippen molar-refractivity contribution in [2.45, 2.75) is 12.8 Å². The Kier molecular flexibility index (Phi) is 4.68. The molecule has 0 unspecified atom stereocenters. The van der Waals surface area contributed by atoms with Gasteiger partial charge >= 0.3 is 0 Å². The highest BCUT2D eigenvalue weighted by Gasteiger charge is 2.58. The van der Waals surface area contributed by atoms with Crippen LogP contribution in [0, 0.1) is 68.6 Å². The molecule has 2 aromatic rings. The number of allylic oxidation sites excluding steroid dienone is 2. The third kappa shape index (κ3) is 3.28. The maximum absolute atomic E-state index is 2.26. The minimum Gasteiger partial charge on any atom is -0.0622 e. The largest absolute Gasteiger partial charge is 0.0622 e. The van der Waals surface area contributed by atoms with Crippen molar-refractivity contribution in [1.29, 1.82) is 0 Å². The molecule has 130 valence electrons. The van der Waals surface area contributed by atoms with Crippen molar-refractivity contribution in [3.05, 3.63) is 146 Å². The lowest BCUT2D eigenvalue weighted by atomic mass is 9.78. The van der Waals surface area contributed by atoms with Crippen LogP contribution in [-0.4, -0.2) is 0 Å². The third-order valence-electron chi connectivity index (χ3n) is 5.74. The fraction of sp³-hybridized carbons (Fsp3) is 0.111. The van der Waals surface area contributed by atoms with E-state index in [-0.39, 0.29) is 5.41 Å². The second-order valence-electron chi connectivity index (χ2n) is 7.50. The Hall–Kier alpha value is -1.82. The van der Waals surface area contributed by atoms with E-state index in [1.54, 1.807) is 0 Å². The molecular weight excluding hydrogens is 324 g/mol. The quantitative estimate of drug-likeness (QED) is 0.640. The molecule has 0 amide bonds. The minimum atomic E-state index is 0.0748. The summed E-state index contributed by atoms with van der Waals surface area (Å²) in [5, 5.41) is 0. The van der Waals surface area contributed by atoms with E-state index in [1.807, 2.05) is 0 Å². The summed E-state index contributed by atoms with van der Waals surface area (Å²) in [6.07, 6.45) is 19.7. The normalized spacial score (nSPS) is 22.5. The predicted octanol–water partition coefficient (Wildman–Crippen LogP) is 5.58. The van der Waals surface area contributed by atoms with E-state index in [1.165, 1.54) is 34.1 Å². The van der Waals surface area contributed by atoms with Gasteiger partial charge in [0.05, 0.1) is 0 Å². The fourth-order valence-corrected chi connectivity index (χ4v) is 4.59. The highest BCUT2D eigenvalue weighted by Crippen LogP contribution is 2.67. The SMILES string of the molecule is [CH]1[CH][CH][C](C2=C([C]3[CH][CH][CH][CH]3)C2(Cc2ccccc2)Cc2ccccc2)[CH]1. The van der Waals surface area contributed by atoms with Gasteiger partial charge < -0.3 is 0 Å². The maximum Gasteiger partial charge on any atom is 0.0220 e. The van der Waals surface area contributed by atoms with Gasteiger partial charge in [0, 0.05) is 17.3 Å². The Morgan fingerprint density at radius 3 is 1.22 bits per heavy atom. The van der Waals surface area contributed by atoms with Gasteiger partial charge in [-0.05, 0) is 75.3 Å². The van der Waals surface area contributed by atoms with Crippen LogP contribution in [0.15, 0.2) is 71.8 Å². The molecule has 0 N–H and O–H groups in total. The Bertz CT molecular complexity index is 717. The first-order chi connectivity index (χ1) is 13.4. The molecule has 0 spiro atoms. The number of rotatable bonds is 6. The van der Waals surface area contributed by atoms with Crippen LogP contribution in [0.3, 0.4) is 0 Å². The van der Waals surface area contributed by atoms with Crippen molar-refractivity contribution in [1.82, 2.24) is 0 Å². The summed E-state index contributed by atoms with van der Waals surface area (Å²) in [4.78, 5) is 0. The summed E-state index contributed by atoms with van der Waals surface area (Å²) in [7, 11) is 0. The number of hydrogen-bond donors (Lipinski definition) is 0. The first kappa shape index (κ1) is 17.3. The molecule has 27 heavy (non-hydrogen) atoms. The zero-order chi connectivity index (χ0) is 18.1. The molecule has 2 fully saturated rings. The monoisotopic (exact) mass is 346 g/mol. The lowest BCUT2D eigenvalue weighted by Gasteiger charge is -2.24. The standard InChI is InChI=1S/C27H22/c1-3-11-21(12-4-1)19-27(20-22-13-5-2-6-14-22)25(23-15-7-8-16-23)26(27)24-17-9-10-18-24/h1-18H,19-20H2. The molecule has 0 heteroatoms. The van der Waals surface area contributed by atoms with Crippen LogP contribution in [0.5, 0.6) is 0 Å². The molecule has 0 saturated heterocycles. The Morgan fingerprint density at radius 2 is 0.852 bits per heavy atom. The molecule has 2 saturated carbocycles. The topological polar surface area (TPSA) is 0 Å². The van der Waals surface area contributed by atoms with Crippen molar-refractivity contribution in [3.63, 3.8) is 0 Å². The molecule has 0 bridgehead atoms. The summed E-state index contributed by atoms with van der Waals surface area (Å²) in [5.41, 5.74) is 5.92. The van der Waals surface area contributed by atoms with E-state index in [0.717, 1.165) is 12.8 Å². The first-order valence-electron chi connectivity index (χ1n) is 9.64. The second kappa shape index (κ2) is 7.30. The van der Waals surface area contributed by atoms with Crippen molar-refractivity contribution in [3.8, 4) is 0 Å². The van der Waals surface area contributed by atoms with Crippen molar-refractivity contribution < 1.29 is 0 Å². The van der Waals surface area contributed by atoms with E-state index < -0.39 is 0 Å². The summed E-state index contributed by atoms with van der Waals surface area (Å²) in [5.74, 6) is 2.75. The van der Waals surface area contributed by atoms with Gasteiger partial charge in [-0.3, -0.25) is 0 Å². The smallest absolute Gasteiger partial charge is 0.0220 e. The Morgan fingerprint density at radius 1 is 0.481 bits per heavy atom. The van der Waals surface area contributed by atoms with E-state index in [2.05, 4.69) is 112 Å². The number of hydrogen-bond acceptors (Lipinski definition) is 0. The molecule has 0 aromatic heterocycles. The molecule has 0 nitrogen and oxygen atoms in total. The third-order valence-corrected chi connectivity index (χ3v) is 5.74. The van der Waals surface area contributed by atoms with Crippen LogP contribution in [-0.2, 0) is 12.8 Å². The van der Waals surface area contributed by atoms with Gasteiger partial charge in [0.15, 0.2) is 0 Å². The summed E-state index contributed by atoms with van der Waals surface area (Å²) < 4.78 is 0. The molecule has 10 radical (unpaired) electrons. The second-order valence-corrected chi connectivity index (χ2v) is 7.50. The predicted molar refractivity (Wildman–Crippen MR) is 111 cm³/mol. The van der Waals surface area contributed by atoms with Crippen molar-refractivity contribution in [2.24, 2.45) is 5.41 Å². The van der Waals surface area contributed by atoms with Gasteiger partial charge in [0.25, 0.3) is 0 Å². The van der Waals surface area contributed by atoms with Gasteiger partial charge in [-0.25, -0.2) is 0 Å². The molecule has 3 aliphatic carbocycles. The molecular formula is C27H22. The lowest BCUT2D eigenvalue weighted by molar-refractivity contribution is 0.523. The lowest BCUT2D eigenvalue weighted by Crippen LogP contribution is -2.19. The van der Waals surface area contributed by atoms with Gasteiger partial charge in [-0.1, -0.05) is 71.8 Å². The van der Waals surface area contributed by atoms with Crippen molar-refractivity contribution in [2.75, 3.05) is 0 Å². The highest BCUT2D eigenvalue weighted by atomic mass is 14.6. The van der Waals surface area contributed by atoms with Crippen LogP contribution in [0.4, 0.5) is 0 Å². The minimum absolute atomic E-state index is 0.0748. The molecule has 2 aromatic carbocycles. The highest BCUT2D eigenvalue weighted by molar-refractivity contribution is 5.74. The molecule has 3 aliphatic rings. The van der Waals surface area contributed by atoms with Crippen LogP contribution in [0.1, 0.15) is 11.1 Å². The molecule has 0 aliphatic heterocycles. The summed E-state index contributed by atoms with van der Waals surface area (Å²) in [6, 6.07) is 21.8. The average Bonchev–Trinajstić information content (AvgIpc) is 3.18. The average molecular weight is 346 g/mol. The van der Waals surface area contributed by atoms with Crippen molar-refractivity contribution >= 4 is 0 Å². The summed E-state index contributed by atoms with van der Waals surface area (Å²) >= 11 is 0. The Balaban J connectivity index is 1.52. The zero-order valence-electron chi connectivity index (χ0n) is 15.3. The van der Waals surface area contributed by atoms with Gasteiger partial charge in [0.1, 0.15) is 0 Å². The zero-order valence-corrected chi connectivity index (χ0v) is 15.3.